The molecule has 1 heterocycles. The fraction of sp³-hybridized carbons (Fsp3) is 0.455. The maximum atomic E-state index is 11.1. The monoisotopic (exact) mass is 356 g/mol. The van der Waals surface area contributed by atoms with E-state index in [1.165, 1.54) is 11.5 Å². The van der Waals surface area contributed by atoms with Crippen LogP contribution in [0.2, 0.25) is 0 Å². The second kappa shape index (κ2) is 8.17. The zero-order valence-corrected chi connectivity index (χ0v) is 15.5. The van der Waals surface area contributed by atoms with Crippen LogP contribution in [0, 0.1) is 11.1 Å². The molecule has 1 aromatic heterocycles. The topological polar surface area (TPSA) is 26.9 Å². The molecule has 0 unspecified atom stereocenters. The van der Waals surface area contributed by atoms with E-state index in [9.17, 15) is 5.21 Å². The van der Waals surface area contributed by atoms with Gasteiger partial charge in [-0.2, -0.15) is 11.5 Å². The summed E-state index contributed by atoms with van der Waals surface area (Å²) >= 11 is 0. The molecule has 0 bridgehead atoms. The average Bonchev–Trinajstić information content (AvgIpc) is 2.03. The normalized spacial score (nSPS) is 9.13. The van der Waals surface area contributed by atoms with Gasteiger partial charge in [0.2, 0.25) is 0 Å². The first-order valence-electron chi connectivity index (χ1n) is 4.55. The largest absolute Gasteiger partial charge is 0.620 e. The van der Waals surface area contributed by atoms with E-state index < -0.39 is 0 Å². The Morgan fingerprint density at radius 2 is 1.80 bits per heavy atom. The van der Waals surface area contributed by atoms with Crippen molar-refractivity contribution in [1.82, 2.24) is 0 Å². The molecule has 2 radical (unpaired) electrons. The maximum absolute atomic E-state index is 11.1. The summed E-state index contributed by atoms with van der Waals surface area (Å²) in [6, 6.07) is 1.89. The van der Waals surface area contributed by atoms with Crippen LogP contribution in [-0.4, -0.2) is 0 Å². The second-order valence-electron chi connectivity index (χ2n) is 3.83. The number of hydrogen-bond donors (Lipinski definition) is 0. The summed E-state index contributed by atoms with van der Waals surface area (Å²) in [5, 5.41) is 11.1. The molecule has 0 aliphatic carbocycles. The zero-order chi connectivity index (χ0) is 10.0. The second-order valence-corrected chi connectivity index (χ2v) is 3.83. The molecule has 0 N–H and O–H groups in total. The van der Waals surface area contributed by atoms with Crippen molar-refractivity contribution in [3.05, 3.63) is 40.7 Å². The van der Waals surface area contributed by atoms with Gasteiger partial charge < -0.3 is 5.21 Å². The minimum absolute atomic E-state index is 0. The van der Waals surface area contributed by atoms with Crippen LogP contribution in [0.3, 0.4) is 0 Å². The van der Waals surface area contributed by atoms with E-state index in [0.717, 1.165) is 10.3 Å². The SMILES string of the molecule is C[C-](C)c1cc[n+]([O-])cc1C(C)C.[Y].[Y]. The maximum Gasteiger partial charge on any atom is 0.129 e. The van der Waals surface area contributed by atoms with Crippen LogP contribution in [0.4, 0.5) is 0 Å². The summed E-state index contributed by atoms with van der Waals surface area (Å²) in [5.74, 6) is 1.65. The van der Waals surface area contributed by atoms with Gasteiger partial charge in [-0.25, -0.2) is 4.73 Å². The third kappa shape index (κ3) is 5.26. The molecule has 4 heteroatoms. The summed E-state index contributed by atoms with van der Waals surface area (Å²) in [7, 11) is 0. The molecule has 0 saturated heterocycles. The summed E-state index contributed by atoms with van der Waals surface area (Å²) in [5.41, 5.74) is 2.32. The van der Waals surface area contributed by atoms with Crippen molar-refractivity contribution in [2.45, 2.75) is 33.6 Å². The van der Waals surface area contributed by atoms with Gasteiger partial charge in [-0.05, 0) is 0 Å². The van der Waals surface area contributed by atoms with Crippen molar-refractivity contribution in [3.63, 3.8) is 0 Å². The van der Waals surface area contributed by atoms with E-state index in [2.05, 4.69) is 27.7 Å². The third-order valence-corrected chi connectivity index (χ3v) is 2.13. The fourth-order valence-electron chi connectivity index (χ4n) is 1.41. The van der Waals surface area contributed by atoms with Crippen LogP contribution in [0.1, 0.15) is 44.7 Å². The minimum atomic E-state index is 0. The van der Waals surface area contributed by atoms with Gasteiger partial charge in [-0.15, -0.1) is 0 Å². The van der Waals surface area contributed by atoms with Crippen molar-refractivity contribution in [2.24, 2.45) is 0 Å². The molecule has 0 fully saturated rings. The van der Waals surface area contributed by atoms with Crippen LogP contribution in [0.5, 0.6) is 0 Å². The summed E-state index contributed by atoms with van der Waals surface area (Å²) < 4.78 is 0.863. The molecule has 0 amide bonds. The first-order chi connectivity index (χ1) is 6.02. The Kier molecular flexibility index (Phi) is 10.0. The van der Waals surface area contributed by atoms with E-state index in [1.54, 1.807) is 12.4 Å². The summed E-state index contributed by atoms with van der Waals surface area (Å²) in [6.45, 7) is 8.33. The van der Waals surface area contributed by atoms with Gasteiger partial charge in [0.25, 0.3) is 0 Å². The fourth-order valence-corrected chi connectivity index (χ4v) is 1.41. The van der Waals surface area contributed by atoms with Crippen LogP contribution >= 0.6 is 0 Å². The van der Waals surface area contributed by atoms with Crippen molar-refractivity contribution >= 4 is 0 Å². The number of hydrogen-bond acceptors (Lipinski definition) is 1. The van der Waals surface area contributed by atoms with E-state index >= 15 is 0 Å². The third-order valence-electron chi connectivity index (χ3n) is 2.13. The predicted octanol–water partition coefficient (Wildman–Crippen LogP) is 2.40. The number of rotatable bonds is 2. The molecule has 2 nitrogen and oxygen atoms in total. The Morgan fingerprint density at radius 3 is 2.20 bits per heavy atom. The van der Waals surface area contributed by atoms with Crippen LogP contribution in [0.25, 0.3) is 0 Å². The van der Waals surface area contributed by atoms with Crippen molar-refractivity contribution in [1.29, 1.82) is 0 Å². The molecular weight excluding hydrogens is 340 g/mol. The summed E-state index contributed by atoms with van der Waals surface area (Å²) in [6.07, 6.45) is 3.21. The molecule has 0 saturated carbocycles. The number of aromatic nitrogens is 1. The standard InChI is InChI=1S/C11H16NO.2Y/c1-8(2)10-5-6-12(13)7-11(10)9(3)4;;/h5-7,9H,1-4H3;;/q-1;;. The quantitative estimate of drug-likeness (QED) is 0.454. The van der Waals surface area contributed by atoms with E-state index in [-0.39, 0.29) is 65.4 Å². The van der Waals surface area contributed by atoms with Crippen molar-refractivity contribution in [3.8, 4) is 0 Å². The van der Waals surface area contributed by atoms with Gasteiger partial charge >= 0.3 is 0 Å². The first kappa shape index (κ1) is 18.4. The van der Waals surface area contributed by atoms with Gasteiger partial charge in [0.05, 0.1) is 0 Å². The smallest absolute Gasteiger partial charge is 0.129 e. The molecule has 0 spiro atoms. The zero-order valence-electron chi connectivity index (χ0n) is 9.82. The molecule has 78 valence electrons. The van der Waals surface area contributed by atoms with Gasteiger partial charge in [0.1, 0.15) is 12.4 Å². The number of nitrogens with zero attached hydrogens (tertiary/aromatic N) is 1. The van der Waals surface area contributed by atoms with Crippen LogP contribution in [0.15, 0.2) is 18.5 Å². The van der Waals surface area contributed by atoms with E-state index in [4.69, 9.17) is 0 Å². The Morgan fingerprint density at radius 1 is 1.27 bits per heavy atom. The first-order valence-corrected chi connectivity index (χ1v) is 4.55. The number of pyridine rings is 1. The molecular formula is C11H16NOY2-. The van der Waals surface area contributed by atoms with E-state index in [0.29, 0.717) is 5.92 Å². The summed E-state index contributed by atoms with van der Waals surface area (Å²) in [4.78, 5) is 0. The molecule has 0 aliphatic heterocycles. The average molecular weight is 356 g/mol. The molecule has 1 aromatic rings. The van der Waals surface area contributed by atoms with Gasteiger partial charge in [-0.3, -0.25) is 0 Å². The van der Waals surface area contributed by atoms with Gasteiger partial charge in [0, 0.05) is 65.4 Å². The van der Waals surface area contributed by atoms with Gasteiger partial charge in [-0.1, -0.05) is 45.2 Å². The Hall–Kier alpha value is 1.03. The molecule has 0 aliphatic rings. The van der Waals surface area contributed by atoms with Gasteiger partial charge in [0.15, 0.2) is 0 Å². The van der Waals surface area contributed by atoms with Crippen LogP contribution < -0.4 is 4.73 Å². The van der Waals surface area contributed by atoms with Crippen LogP contribution in [-0.2, 0) is 65.4 Å². The Bertz CT molecular complexity index is 301. The molecule has 0 atom stereocenters. The minimum Gasteiger partial charge on any atom is -0.620 e. The van der Waals surface area contributed by atoms with Crippen molar-refractivity contribution < 1.29 is 70.1 Å². The molecule has 15 heavy (non-hydrogen) atoms. The molecule has 0 aromatic carbocycles. The van der Waals surface area contributed by atoms with Crippen molar-refractivity contribution in [2.75, 3.05) is 0 Å². The Labute approximate surface area is 143 Å². The Balaban J connectivity index is 0. The van der Waals surface area contributed by atoms with E-state index in [1.807, 2.05) is 6.07 Å². The predicted molar refractivity (Wildman–Crippen MR) is 53.2 cm³/mol. The molecule has 1 rings (SSSR count).